The van der Waals surface area contributed by atoms with E-state index in [4.69, 9.17) is 14.0 Å². The summed E-state index contributed by atoms with van der Waals surface area (Å²) in [6, 6.07) is -0.859. The van der Waals surface area contributed by atoms with Gasteiger partial charge in [-0.15, -0.1) is 0 Å². The van der Waals surface area contributed by atoms with Gasteiger partial charge in [0.25, 0.3) is 0 Å². The maximum absolute atomic E-state index is 13.1. The van der Waals surface area contributed by atoms with Gasteiger partial charge in [0.15, 0.2) is 0 Å². The average Bonchev–Trinajstić information content (AvgIpc) is 3.29. The van der Waals surface area contributed by atoms with Crippen LogP contribution in [0.5, 0.6) is 0 Å². The monoisotopic (exact) mass is 510 g/mol. The fourth-order valence-corrected chi connectivity index (χ4v) is 5.21. The van der Waals surface area contributed by atoms with Crippen molar-refractivity contribution in [2.45, 2.75) is 95.1 Å². The Morgan fingerprint density at radius 1 is 1.17 bits per heavy atom. The number of ether oxygens (including phenoxy) is 1. The van der Waals surface area contributed by atoms with Crippen LogP contribution >= 0.6 is 0 Å². The molecule has 3 heterocycles. The molecular formula is C22H35BN4O7S. The van der Waals surface area contributed by atoms with Gasteiger partial charge in [0.2, 0.25) is 20.9 Å². The first-order valence-electron chi connectivity index (χ1n) is 11.6. The van der Waals surface area contributed by atoms with E-state index in [1.165, 1.54) is 24.2 Å². The number of carbonyl (C=O) groups excluding carboxylic acids is 2. The maximum Gasteiger partial charge on any atom is 0.498 e. The largest absolute Gasteiger partial charge is 0.498 e. The highest BCUT2D eigenvalue weighted by Gasteiger charge is 2.52. The van der Waals surface area contributed by atoms with Gasteiger partial charge >= 0.3 is 13.2 Å². The fourth-order valence-electron chi connectivity index (χ4n) is 3.72. The maximum atomic E-state index is 13.1. The quantitative estimate of drug-likeness (QED) is 0.455. The van der Waals surface area contributed by atoms with E-state index in [-0.39, 0.29) is 30.6 Å². The molecule has 2 unspecified atom stereocenters. The molecule has 13 heteroatoms. The molecule has 0 aromatic carbocycles. The van der Waals surface area contributed by atoms with Crippen molar-refractivity contribution < 1.29 is 32.1 Å². The molecular weight excluding hydrogens is 475 g/mol. The van der Waals surface area contributed by atoms with E-state index in [2.05, 4.69) is 15.3 Å². The van der Waals surface area contributed by atoms with Crippen LogP contribution in [0.25, 0.3) is 0 Å². The summed E-state index contributed by atoms with van der Waals surface area (Å²) in [5.74, 6) is -0.384. The highest BCUT2D eigenvalue weighted by molar-refractivity contribution is 7.91. The minimum Gasteiger partial charge on any atom is -0.444 e. The van der Waals surface area contributed by atoms with Crippen LogP contribution in [0.1, 0.15) is 61.8 Å². The number of hydrogen-bond donors (Lipinski definition) is 1. The summed E-state index contributed by atoms with van der Waals surface area (Å²) in [6.45, 7) is 14.6. The van der Waals surface area contributed by atoms with Gasteiger partial charge in [-0.25, -0.2) is 23.2 Å². The zero-order chi connectivity index (χ0) is 26.4. The lowest BCUT2D eigenvalue weighted by Gasteiger charge is -2.32. The summed E-state index contributed by atoms with van der Waals surface area (Å²) < 4.78 is 43.3. The Hall–Kier alpha value is -2.25. The normalized spacial score (nSPS) is 22.7. The molecule has 0 saturated carbocycles. The standard InChI is InChI=1S/C22H35BN4O7S/c1-14(26-19(29)32-20(2,3)4)17(28)27-10-9-16(13-27)35(30,31)18-24-11-15(12-25-18)23-33-21(5,6)22(7,8)34-23/h11-12,14,16H,9-10,13H2,1-8H3,(H,26,29). The molecule has 2 atom stereocenters. The molecule has 1 N–H and O–H groups in total. The van der Waals surface area contributed by atoms with Crippen molar-refractivity contribution in [2.75, 3.05) is 13.1 Å². The summed E-state index contributed by atoms with van der Waals surface area (Å²) in [5.41, 5.74) is -1.26. The first-order valence-corrected chi connectivity index (χ1v) is 13.2. The van der Waals surface area contributed by atoms with Crippen LogP contribution in [0.3, 0.4) is 0 Å². The van der Waals surface area contributed by atoms with Crippen molar-refractivity contribution in [1.82, 2.24) is 20.2 Å². The molecule has 35 heavy (non-hydrogen) atoms. The Kier molecular flexibility index (Phi) is 7.29. The van der Waals surface area contributed by atoms with E-state index < -0.39 is 51.1 Å². The predicted molar refractivity (Wildman–Crippen MR) is 129 cm³/mol. The van der Waals surface area contributed by atoms with E-state index in [9.17, 15) is 18.0 Å². The summed E-state index contributed by atoms with van der Waals surface area (Å²) >= 11 is 0. The third-order valence-electron chi connectivity index (χ3n) is 6.43. The molecule has 2 aliphatic heterocycles. The SMILES string of the molecule is CC(NC(=O)OC(C)(C)C)C(=O)N1CCC(S(=O)(=O)c2ncc(B3OC(C)(C)C(C)(C)O3)cn2)C1. The Morgan fingerprint density at radius 2 is 1.71 bits per heavy atom. The fraction of sp³-hybridized carbons (Fsp3) is 0.727. The molecule has 0 spiro atoms. The lowest BCUT2D eigenvalue weighted by atomic mass is 9.81. The van der Waals surface area contributed by atoms with Crippen molar-refractivity contribution in [2.24, 2.45) is 0 Å². The topological polar surface area (TPSA) is 137 Å². The number of alkyl carbamates (subject to hydrolysis) is 1. The molecule has 0 radical (unpaired) electrons. The number of sulfone groups is 1. The van der Waals surface area contributed by atoms with Gasteiger partial charge < -0.3 is 24.3 Å². The van der Waals surface area contributed by atoms with Crippen molar-refractivity contribution in [3.05, 3.63) is 12.4 Å². The summed E-state index contributed by atoms with van der Waals surface area (Å²) in [5, 5.41) is 1.34. The summed E-state index contributed by atoms with van der Waals surface area (Å²) in [6.07, 6.45) is 2.33. The number of nitrogens with zero attached hydrogens (tertiary/aromatic N) is 3. The second-order valence-corrected chi connectivity index (χ2v) is 13.1. The summed E-state index contributed by atoms with van der Waals surface area (Å²) in [7, 11) is -4.57. The van der Waals surface area contributed by atoms with Crippen molar-refractivity contribution in [3.63, 3.8) is 0 Å². The van der Waals surface area contributed by atoms with Crippen molar-refractivity contribution >= 4 is 34.4 Å². The van der Waals surface area contributed by atoms with E-state index >= 15 is 0 Å². The molecule has 11 nitrogen and oxygen atoms in total. The highest BCUT2D eigenvalue weighted by atomic mass is 32.2. The van der Waals surface area contributed by atoms with Gasteiger partial charge in [-0.2, -0.15) is 0 Å². The zero-order valence-corrected chi connectivity index (χ0v) is 22.4. The lowest BCUT2D eigenvalue weighted by molar-refractivity contribution is -0.131. The zero-order valence-electron chi connectivity index (χ0n) is 21.6. The number of amides is 2. The second-order valence-electron chi connectivity index (χ2n) is 11.0. The predicted octanol–water partition coefficient (Wildman–Crippen LogP) is 1.06. The Balaban J connectivity index is 1.63. The number of aromatic nitrogens is 2. The Morgan fingerprint density at radius 3 is 2.23 bits per heavy atom. The van der Waals surface area contributed by atoms with Crippen LogP contribution in [-0.4, -0.2) is 83.6 Å². The van der Waals surface area contributed by atoms with Gasteiger partial charge in [0, 0.05) is 30.9 Å². The number of carbonyl (C=O) groups is 2. The number of rotatable bonds is 5. The number of nitrogens with one attached hydrogen (secondary N) is 1. The van der Waals surface area contributed by atoms with Gasteiger partial charge in [-0.3, -0.25) is 4.79 Å². The van der Waals surface area contributed by atoms with E-state index in [1.807, 2.05) is 27.7 Å². The Labute approximate surface area is 207 Å². The van der Waals surface area contributed by atoms with Crippen LogP contribution in [0, 0.1) is 0 Å². The first-order chi connectivity index (χ1) is 15.9. The van der Waals surface area contributed by atoms with Gasteiger partial charge in [0.05, 0.1) is 16.5 Å². The first kappa shape index (κ1) is 27.3. The molecule has 0 bridgehead atoms. The molecule has 0 aliphatic carbocycles. The van der Waals surface area contributed by atoms with Gasteiger partial charge in [-0.05, 0) is 61.8 Å². The van der Waals surface area contributed by atoms with Crippen LogP contribution in [-0.2, 0) is 28.7 Å². The van der Waals surface area contributed by atoms with Gasteiger partial charge in [-0.1, -0.05) is 0 Å². The lowest BCUT2D eigenvalue weighted by Crippen LogP contribution is -2.48. The number of hydrogen-bond acceptors (Lipinski definition) is 9. The van der Waals surface area contributed by atoms with Crippen LogP contribution in [0.15, 0.2) is 17.6 Å². The highest BCUT2D eigenvalue weighted by Crippen LogP contribution is 2.36. The van der Waals surface area contributed by atoms with E-state index in [0.717, 1.165) is 0 Å². The minimum atomic E-state index is -3.87. The van der Waals surface area contributed by atoms with E-state index in [1.54, 1.807) is 20.8 Å². The third kappa shape index (κ3) is 5.95. The van der Waals surface area contributed by atoms with Crippen molar-refractivity contribution in [3.8, 4) is 0 Å². The van der Waals surface area contributed by atoms with E-state index in [0.29, 0.717) is 5.46 Å². The van der Waals surface area contributed by atoms with Crippen LogP contribution in [0.4, 0.5) is 4.79 Å². The Bertz CT molecular complexity index is 1050. The molecule has 1 aromatic heterocycles. The average molecular weight is 510 g/mol. The van der Waals surface area contributed by atoms with Crippen LogP contribution in [0.2, 0.25) is 0 Å². The smallest absolute Gasteiger partial charge is 0.444 e. The van der Waals surface area contributed by atoms with Crippen LogP contribution < -0.4 is 10.8 Å². The molecule has 2 fully saturated rings. The third-order valence-corrected chi connectivity index (χ3v) is 8.41. The minimum absolute atomic E-state index is 0.0101. The summed E-state index contributed by atoms with van der Waals surface area (Å²) in [4.78, 5) is 34.3. The molecule has 1 aromatic rings. The molecule has 2 aliphatic rings. The van der Waals surface area contributed by atoms with Gasteiger partial charge in [0.1, 0.15) is 11.6 Å². The molecule has 3 rings (SSSR count). The molecule has 2 saturated heterocycles. The second kappa shape index (κ2) is 9.32. The number of likely N-dealkylation sites (tertiary alicyclic amines) is 1. The molecule has 194 valence electrons. The molecule has 2 amide bonds. The van der Waals surface area contributed by atoms with Crippen molar-refractivity contribution in [1.29, 1.82) is 0 Å².